The van der Waals surface area contributed by atoms with Crippen LogP contribution < -0.4 is 14.4 Å². The Bertz CT molecular complexity index is 1280. The summed E-state index contributed by atoms with van der Waals surface area (Å²) >= 11 is 0. The Morgan fingerprint density at radius 1 is 1.14 bits per heavy atom. The summed E-state index contributed by atoms with van der Waals surface area (Å²) in [6.45, 7) is 8.12. The van der Waals surface area contributed by atoms with E-state index < -0.39 is 23.5 Å². The van der Waals surface area contributed by atoms with E-state index in [1.165, 1.54) is 18.1 Å². The number of aryl methyl sites for hydroxylation is 2. The van der Waals surface area contributed by atoms with Gasteiger partial charge in [-0.1, -0.05) is 25.1 Å². The maximum absolute atomic E-state index is 13.4. The van der Waals surface area contributed by atoms with E-state index in [1.807, 2.05) is 0 Å². The molecule has 9 nitrogen and oxygen atoms in total. The van der Waals surface area contributed by atoms with Gasteiger partial charge in [0.1, 0.15) is 11.5 Å². The highest BCUT2D eigenvalue weighted by Gasteiger charge is 2.46. The summed E-state index contributed by atoms with van der Waals surface area (Å²) in [7, 11) is 1.51. The van der Waals surface area contributed by atoms with Gasteiger partial charge in [-0.15, -0.1) is 0 Å². The van der Waals surface area contributed by atoms with E-state index >= 15 is 0 Å². The van der Waals surface area contributed by atoms with E-state index in [4.69, 9.17) is 18.4 Å². The summed E-state index contributed by atoms with van der Waals surface area (Å²) in [5.74, 6) is 0.581. The Morgan fingerprint density at radius 3 is 2.51 bits per heavy atom. The number of anilines is 1. The summed E-state index contributed by atoms with van der Waals surface area (Å²) in [6, 6.07) is 8.84. The molecule has 0 saturated carbocycles. The van der Waals surface area contributed by atoms with Crippen LogP contribution in [0.4, 0.5) is 5.82 Å². The van der Waals surface area contributed by atoms with E-state index in [9.17, 15) is 14.7 Å². The van der Waals surface area contributed by atoms with Gasteiger partial charge in [-0.25, -0.2) is 0 Å². The number of aromatic nitrogens is 1. The first-order valence-corrected chi connectivity index (χ1v) is 11.3. The fraction of sp³-hybridized carbons (Fsp3) is 0.346. The second-order valence-electron chi connectivity index (χ2n) is 8.82. The third kappa shape index (κ3) is 4.66. The lowest BCUT2D eigenvalue weighted by atomic mass is 9.94. The molecule has 35 heavy (non-hydrogen) atoms. The molecule has 1 unspecified atom stereocenters. The molecule has 1 aliphatic heterocycles. The molecule has 184 valence electrons. The monoisotopic (exact) mass is 480 g/mol. The number of benzene rings is 1. The molecule has 0 radical (unpaired) electrons. The van der Waals surface area contributed by atoms with Gasteiger partial charge in [0.2, 0.25) is 5.78 Å². The van der Waals surface area contributed by atoms with Crippen LogP contribution in [0.1, 0.15) is 53.9 Å². The van der Waals surface area contributed by atoms with Crippen LogP contribution in [0.5, 0.6) is 11.5 Å². The highest BCUT2D eigenvalue weighted by Crippen LogP contribution is 2.43. The van der Waals surface area contributed by atoms with Gasteiger partial charge in [0.15, 0.2) is 28.8 Å². The fourth-order valence-electron chi connectivity index (χ4n) is 3.92. The molecular formula is C26H28N2O7. The second kappa shape index (κ2) is 9.69. The lowest BCUT2D eigenvalue weighted by Crippen LogP contribution is -2.31. The Labute approximate surface area is 202 Å². The van der Waals surface area contributed by atoms with Crippen molar-refractivity contribution in [2.75, 3.05) is 18.6 Å². The number of carbonyl (C=O) groups is 2. The maximum atomic E-state index is 13.4. The smallest absolute Gasteiger partial charge is 0.295 e. The van der Waals surface area contributed by atoms with E-state index in [0.717, 1.165) is 6.42 Å². The summed E-state index contributed by atoms with van der Waals surface area (Å²) < 4.78 is 22.1. The predicted molar refractivity (Wildman–Crippen MR) is 127 cm³/mol. The number of methoxy groups -OCH3 is 1. The summed E-state index contributed by atoms with van der Waals surface area (Å²) in [5, 5.41) is 14.8. The molecule has 0 saturated heterocycles. The van der Waals surface area contributed by atoms with Gasteiger partial charge in [0.05, 0.1) is 25.3 Å². The minimum atomic E-state index is -0.997. The number of furan rings is 1. The lowest BCUT2D eigenvalue weighted by molar-refractivity contribution is -0.117. The van der Waals surface area contributed by atoms with Crippen molar-refractivity contribution in [3.63, 3.8) is 0 Å². The molecule has 0 spiro atoms. The number of Topliss-reactive ketones (excluding diaryl/α,β-unsaturated/α-hetero) is 1. The molecule has 1 N–H and O–H groups in total. The zero-order valence-electron chi connectivity index (χ0n) is 20.3. The summed E-state index contributed by atoms with van der Waals surface area (Å²) in [6.07, 6.45) is 0.874. The first kappa shape index (κ1) is 24.1. The van der Waals surface area contributed by atoms with Crippen LogP contribution in [0.25, 0.3) is 0 Å². The van der Waals surface area contributed by atoms with Crippen molar-refractivity contribution >= 4 is 17.5 Å². The van der Waals surface area contributed by atoms with Gasteiger partial charge >= 0.3 is 0 Å². The molecule has 3 aromatic rings. The summed E-state index contributed by atoms with van der Waals surface area (Å²) in [5.41, 5.74) is 0.392. The van der Waals surface area contributed by atoms with Gasteiger partial charge in [-0.2, -0.15) is 0 Å². The Hall–Kier alpha value is -4.01. The van der Waals surface area contributed by atoms with Crippen molar-refractivity contribution in [2.24, 2.45) is 5.92 Å². The van der Waals surface area contributed by atoms with Crippen molar-refractivity contribution < 1.29 is 33.1 Å². The number of rotatable bonds is 9. The zero-order valence-corrected chi connectivity index (χ0v) is 20.3. The number of nitrogens with zero attached hydrogens (tertiary/aromatic N) is 2. The third-order valence-corrected chi connectivity index (χ3v) is 5.74. The van der Waals surface area contributed by atoms with Crippen LogP contribution >= 0.6 is 0 Å². The molecule has 2 aromatic heterocycles. The maximum Gasteiger partial charge on any atom is 0.295 e. The van der Waals surface area contributed by atoms with Crippen molar-refractivity contribution in [1.82, 2.24) is 5.16 Å². The second-order valence-corrected chi connectivity index (χ2v) is 8.82. The van der Waals surface area contributed by atoms with Crippen LogP contribution in [0.15, 0.2) is 56.7 Å². The quantitative estimate of drug-likeness (QED) is 0.421. The normalized spacial score (nSPS) is 15.9. The molecule has 0 aliphatic carbocycles. The topological polar surface area (TPSA) is 115 Å². The molecule has 1 amide bonds. The van der Waals surface area contributed by atoms with Crippen molar-refractivity contribution in [1.29, 1.82) is 0 Å². The molecule has 1 aromatic carbocycles. The highest BCUT2D eigenvalue weighted by molar-refractivity contribution is 6.20. The molecule has 4 rings (SSSR count). The minimum Gasteiger partial charge on any atom is -0.503 e. The zero-order chi connectivity index (χ0) is 25.3. The molecular weight excluding hydrogens is 452 g/mol. The Balaban J connectivity index is 1.79. The standard InChI is InChI=1S/C26H28N2O7/c1-14(2)10-11-33-18-9-7-17(13-20(18)32-5)23-22(24(29)19-8-6-15(3)34-19)25(30)26(31)28(23)21-12-16(4)35-27-21/h6-9,12-14,23,30H,10-11H2,1-5H3. The van der Waals surface area contributed by atoms with Gasteiger partial charge in [0, 0.05) is 6.07 Å². The number of ketones is 1. The summed E-state index contributed by atoms with van der Waals surface area (Å²) in [4.78, 5) is 27.8. The average Bonchev–Trinajstić information content (AvgIpc) is 3.51. The number of carbonyl (C=O) groups excluding carboxylic acids is 2. The fourth-order valence-corrected chi connectivity index (χ4v) is 3.92. The predicted octanol–water partition coefficient (Wildman–Crippen LogP) is 5.10. The van der Waals surface area contributed by atoms with Gasteiger partial charge < -0.3 is 23.5 Å². The van der Waals surface area contributed by atoms with Crippen LogP contribution in [0.3, 0.4) is 0 Å². The third-order valence-electron chi connectivity index (χ3n) is 5.74. The van der Waals surface area contributed by atoms with E-state index in [1.54, 1.807) is 44.2 Å². The molecule has 1 atom stereocenters. The van der Waals surface area contributed by atoms with E-state index in [0.29, 0.717) is 41.1 Å². The molecule has 9 heteroatoms. The van der Waals surface area contributed by atoms with Crippen molar-refractivity contribution in [3.05, 3.63) is 70.6 Å². The minimum absolute atomic E-state index is 0.0145. The van der Waals surface area contributed by atoms with Crippen molar-refractivity contribution in [2.45, 2.75) is 40.2 Å². The molecule has 3 heterocycles. The first-order chi connectivity index (χ1) is 16.7. The van der Waals surface area contributed by atoms with Crippen LogP contribution in [0, 0.1) is 19.8 Å². The highest BCUT2D eigenvalue weighted by atomic mass is 16.5. The van der Waals surface area contributed by atoms with Crippen LogP contribution in [-0.2, 0) is 4.79 Å². The Kier molecular flexibility index (Phi) is 6.68. The number of aliphatic hydroxyl groups is 1. The number of amides is 1. The Morgan fingerprint density at radius 2 is 1.91 bits per heavy atom. The van der Waals surface area contributed by atoms with Crippen molar-refractivity contribution in [3.8, 4) is 11.5 Å². The van der Waals surface area contributed by atoms with E-state index in [2.05, 4.69) is 19.0 Å². The van der Waals surface area contributed by atoms with Gasteiger partial charge in [-0.3, -0.25) is 14.5 Å². The molecule has 0 fully saturated rings. The average molecular weight is 481 g/mol. The number of aliphatic hydroxyl groups excluding tert-OH is 1. The molecule has 0 bridgehead atoms. The van der Waals surface area contributed by atoms with Gasteiger partial charge in [-0.05, 0) is 56.0 Å². The lowest BCUT2D eigenvalue weighted by Gasteiger charge is -2.25. The van der Waals surface area contributed by atoms with Crippen LogP contribution in [0.2, 0.25) is 0 Å². The van der Waals surface area contributed by atoms with Gasteiger partial charge in [0.25, 0.3) is 5.91 Å². The van der Waals surface area contributed by atoms with Crippen LogP contribution in [-0.4, -0.2) is 35.7 Å². The van der Waals surface area contributed by atoms with E-state index in [-0.39, 0.29) is 17.2 Å². The molecule has 1 aliphatic rings. The number of hydrogen-bond acceptors (Lipinski definition) is 8. The number of hydrogen-bond donors (Lipinski definition) is 1. The largest absolute Gasteiger partial charge is 0.503 e. The number of ether oxygens (including phenoxy) is 2. The SMILES string of the molecule is COc1cc(C2C(C(=O)c3ccc(C)o3)=C(O)C(=O)N2c2cc(C)on2)ccc1OCCC(C)C. The first-order valence-electron chi connectivity index (χ1n) is 11.3.